The number of aliphatic hydroxyl groups is 1. The van der Waals surface area contributed by atoms with Crippen LogP contribution in [-0.2, 0) is 16.1 Å². The van der Waals surface area contributed by atoms with E-state index in [1.54, 1.807) is 36.2 Å². The summed E-state index contributed by atoms with van der Waals surface area (Å²) in [6.45, 7) is 1.35. The Hall–Kier alpha value is -1.37. The van der Waals surface area contributed by atoms with Crippen LogP contribution in [0.15, 0.2) is 22.8 Å². The minimum atomic E-state index is -0.585. The van der Waals surface area contributed by atoms with Crippen molar-refractivity contribution in [2.45, 2.75) is 12.6 Å². The van der Waals surface area contributed by atoms with Crippen LogP contribution in [0.4, 0.5) is 0 Å². The summed E-state index contributed by atoms with van der Waals surface area (Å²) in [5.74, 6) is 0.724. The van der Waals surface area contributed by atoms with Gasteiger partial charge in [0.1, 0.15) is 5.76 Å². The molecule has 1 atom stereocenters. The summed E-state index contributed by atoms with van der Waals surface area (Å²) in [5, 5.41) is 9.57. The van der Waals surface area contributed by atoms with E-state index in [4.69, 9.17) is 9.15 Å². The molecule has 0 fully saturated rings. The van der Waals surface area contributed by atoms with Gasteiger partial charge in [-0.1, -0.05) is 0 Å². The summed E-state index contributed by atoms with van der Waals surface area (Å²) >= 11 is 0. The van der Waals surface area contributed by atoms with E-state index < -0.39 is 6.10 Å². The van der Waals surface area contributed by atoms with Gasteiger partial charge < -0.3 is 19.2 Å². The number of amides is 1. The molecule has 1 N–H and O–H groups in total. The fourth-order valence-corrected chi connectivity index (χ4v) is 1.75. The van der Waals surface area contributed by atoms with Crippen molar-refractivity contribution in [3.63, 3.8) is 0 Å². The molecule has 1 rings (SSSR count). The van der Waals surface area contributed by atoms with Gasteiger partial charge in [0, 0.05) is 20.7 Å². The second kappa shape index (κ2) is 7.93. The highest BCUT2D eigenvalue weighted by Crippen LogP contribution is 2.04. The van der Waals surface area contributed by atoms with E-state index in [9.17, 15) is 9.90 Å². The molecule has 6 nitrogen and oxygen atoms in total. The molecule has 19 heavy (non-hydrogen) atoms. The highest BCUT2D eigenvalue weighted by atomic mass is 16.5. The van der Waals surface area contributed by atoms with E-state index in [1.165, 1.54) is 7.11 Å². The number of hydrogen-bond acceptors (Lipinski definition) is 5. The maximum Gasteiger partial charge on any atom is 0.236 e. The number of aliphatic hydroxyl groups excluding tert-OH is 1. The van der Waals surface area contributed by atoms with Crippen molar-refractivity contribution in [3.8, 4) is 0 Å². The molecule has 6 heteroatoms. The van der Waals surface area contributed by atoms with Crippen LogP contribution in [0, 0.1) is 0 Å². The minimum absolute atomic E-state index is 0.0245. The summed E-state index contributed by atoms with van der Waals surface area (Å²) < 4.78 is 10.0. The lowest BCUT2D eigenvalue weighted by Gasteiger charge is -2.23. The molecule has 0 aliphatic heterocycles. The lowest BCUT2D eigenvalue weighted by Crippen LogP contribution is -2.40. The minimum Gasteiger partial charge on any atom is -0.467 e. The number of rotatable bonds is 8. The van der Waals surface area contributed by atoms with Crippen LogP contribution in [-0.4, -0.2) is 67.8 Å². The van der Waals surface area contributed by atoms with Crippen molar-refractivity contribution in [1.82, 2.24) is 9.80 Å². The van der Waals surface area contributed by atoms with Crippen molar-refractivity contribution in [2.24, 2.45) is 0 Å². The number of methoxy groups -OCH3 is 1. The molecule has 0 saturated carbocycles. The highest BCUT2D eigenvalue weighted by Gasteiger charge is 2.15. The lowest BCUT2D eigenvalue weighted by molar-refractivity contribution is -0.131. The monoisotopic (exact) mass is 270 g/mol. The number of ether oxygens (including phenoxy) is 1. The zero-order valence-electron chi connectivity index (χ0n) is 11.7. The molecule has 108 valence electrons. The van der Waals surface area contributed by atoms with Crippen molar-refractivity contribution in [2.75, 3.05) is 40.9 Å². The SMILES string of the molecule is COCC(O)CN(C)CC(=O)N(C)Cc1ccco1. The Morgan fingerprint density at radius 3 is 2.84 bits per heavy atom. The Labute approximate surface area is 113 Å². The average Bonchev–Trinajstić information content (AvgIpc) is 2.81. The number of nitrogens with zero attached hydrogens (tertiary/aromatic N) is 2. The molecule has 0 spiro atoms. The molecule has 1 aromatic rings. The Kier molecular flexibility index (Phi) is 6.55. The van der Waals surface area contributed by atoms with Gasteiger partial charge in [-0.25, -0.2) is 0 Å². The smallest absolute Gasteiger partial charge is 0.236 e. The maximum atomic E-state index is 11.9. The van der Waals surface area contributed by atoms with E-state index in [-0.39, 0.29) is 19.1 Å². The summed E-state index contributed by atoms with van der Waals surface area (Å²) in [6, 6.07) is 3.62. The first-order valence-corrected chi connectivity index (χ1v) is 6.14. The standard InChI is InChI=1S/C13H22N2O4/c1-14(7-11(16)10-18-3)9-13(17)15(2)8-12-5-4-6-19-12/h4-6,11,16H,7-10H2,1-3H3. The Balaban J connectivity index is 2.32. The van der Waals surface area contributed by atoms with Gasteiger partial charge in [0.25, 0.3) is 0 Å². The number of carbonyl (C=O) groups is 1. The Morgan fingerprint density at radius 1 is 1.53 bits per heavy atom. The van der Waals surface area contributed by atoms with Crippen LogP contribution in [0.2, 0.25) is 0 Å². The molecule has 1 aromatic heterocycles. The lowest BCUT2D eigenvalue weighted by atomic mass is 10.3. The summed E-state index contributed by atoms with van der Waals surface area (Å²) in [7, 11) is 5.05. The van der Waals surface area contributed by atoms with Crippen molar-refractivity contribution in [3.05, 3.63) is 24.2 Å². The summed E-state index contributed by atoms with van der Waals surface area (Å²) in [6.07, 6.45) is 0.999. The third-order valence-electron chi connectivity index (χ3n) is 2.69. The van der Waals surface area contributed by atoms with Gasteiger partial charge in [0.15, 0.2) is 0 Å². The predicted octanol–water partition coefficient (Wildman–Crippen LogP) is 0.177. The molecule has 0 aliphatic carbocycles. The summed E-state index contributed by atoms with van der Waals surface area (Å²) in [5.41, 5.74) is 0. The van der Waals surface area contributed by atoms with Gasteiger partial charge in [0.2, 0.25) is 5.91 Å². The van der Waals surface area contributed by atoms with Gasteiger partial charge in [-0.05, 0) is 19.2 Å². The van der Waals surface area contributed by atoms with Crippen molar-refractivity contribution >= 4 is 5.91 Å². The molecule has 0 radical (unpaired) electrons. The van der Waals surface area contributed by atoms with Gasteiger partial charge in [-0.3, -0.25) is 9.69 Å². The fraction of sp³-hybridized carbons (Fsp3) is 0.615. The van der Waals surface area contributed by atoms with Crippen LogP contribution in [0.3, 0.4) is 0 Å². The quantitative estimate of drug-likeness (QED) is 0.730. The number of hydrogen-bond donors (Lipinski definition) is 1. The van der Waals surface area contributed by atoms with Crippen molar-refractivity contribution in [1.29, 1.82) is 0 Å². The maximum absolute atomic E-state index is 11.9. The number of carbonyl (C=O) groups excluding carboxylic acids is 1. The van der Waals surface area contributed by atoms with E-state index in [0.29, 0.717) is 13.1 Å². The molecule has 0 aromatic carbocycles. The molecular weight excluding hydrogens is 248 g/mol. The first-order chi connectivity index (χ1) is 9.02. The van der Waals surface area contributed by atoms with Crippen LogP contribution >= 0.6 is 0 Å². The van der Waals surface area contributed by atoms with E-state index in [1.807, 2.05) is 6.07 Å². The van der Waals surface area contributed by atoms with Gasteiger partial charge in [-0.15, -0.1) is 0 Å². The van der Waals surface area contributed by atoms with E-state index in [2.05, 4.69) is 0 Å². The topological polar surface area (TPSA) is 66.2 Å². The molecule has 1 amide bonds. The van der Waals surface area contributed by atoms with Crippen LogP contribution in [0.5, 0.6) is 0 Å². The van der Waals surface area contributed by atoms with Gasteiger partial charge >= 0.3 is 0 Å². The molecule has 0 saturated heterocycles. The zero-order chi connectivity index (χ0) is 14.3. The summed E-state index contributed by atoms with van der Waals surface area (Å²) in [4.78, 5) is 15.3. The van der Waals surface area contributed by atoms with Crippen molar-refractivity contribution < 1.29 is 19.1 Å². The van der Waals surface area contributed by atoms with Crippen LogP contribution in [0.1, 0.15) is 5.76 Å². The highest BCUT2D eigenvalue weighted by molar-refractivity contribution is 5.77. The molecule has 1 heterocycles. The Bertz CT molecular complexity index is 367. The third kappa shape index (κ3) is 5.87. The van der Waals surface area contributed by atoms with Gasteiger partial charge in [-0.2, -0.15) is 0 Å². The third-order valence-corrected chi connectivity index (χ3v) is 2.69. The second-order valence-corrected chi connectivity index (χ2v) is 4.64. The van der Waals surface area contributed by atoms with E-state index >= 15 is 0 Å². The van der Waals surface area contributed by atoms with Crippen LogP contribution in [0.25, 0.3) is 0 Å². The second-order valence-electron chi connectivity index (χ2n) is 4.64. The number of furan rings is 1. The predicted molar refractivity (Wildman–Crippen MR) is 70.6 cm³/mol. The fourth-order valence-electron chi connectivity index (χ4n) is 1.75. The first-order valence-electron chi connectivity index (χ1n) is 6.14. The van der Waals surface area contributed by atoms with Crippen LogP contribution < -0.4 is 0 Å². The van der Waals surface area contributed by atoms with Gasteiger partial charge in [0.05, 0.1) is 32.1 Å². The first kappa shape index (κ1) is 15.7. The van der Waals surface area contributed by atoms with E-state index in [0.717, 1.165) is 5.76 Å². The largest absolute Gasteiger partial charge is 0.467 e. The number of likely N-dealkylation sites (N-methyl/N-ethyl adjacent to an activating group) is 2. The molecule has 1 unspecified atom stereocenters. The Morgan fingerprint density at radius 2 is 2.26 bits per heavy atom. The molecule has 0 aliphatic rings. The average molecular weight is 270 g/mol. The molecular formula is C13H22N2O4. The normalized spacial score (nSPS) is 12.7. The zero-order valence-corrected chi connectivity index (χ0v) is 11.7. The molecule has 0 bridgehead atoms.